The maximum atomic E-state index is 12.4. The molecule has 0 unspecified atom stereocenters. The summed E-state index contributed by atoms with van der Waals surface area (Å²) >= 11 is -0.0876. The molecule has 5 nitrogen and oxygen atoms in total. The molecule has 27 heavy (non-hydrogen) atoms. The number of carbonyl (C=O) groups excluding carboxylic acids is 1. The molecule has 0 spiro atoms. The zero-order chi connectivity index (χ0) is 19.1. The minimum atomic E-state index is -0.933. The monoisotopic (exact) mass is 425 g/mol. The first-order chi connectivity index (χ1) is 12.9. The Morgan fingerprint density at radius 3 is 2.44 bits per heavy atom. The van der Waals surface area contributed by atoms with Crippen molar-refractivity contribution in [1.82, 2.24) is 0 Å². The van der Waals surface area contributed by atoms with Gasteiger partial charge in [-0.2, -0.15) is 0 Å². The van der Waals surface area contributed by atoms with E-state index < -0.39 is 5.97 Å². The van der Waals surface area contributed by atoms with Crippen LogP contribution < -0.4 is 5.32 Å². The Balaban J connectivity index is 1.72. The molecule has 0 radical (unpaired) electrons. The molecule has 0 fully saturated rings. The van der Waals surface area contributed by atoms with Crippen molar-refractivity contribution in [2.45, 2.75) is 6.92 Å². The number of aryl methyl sites for hydroxylation is 1. The Morgan fingerprint density at radius 1 is 1.07 bits per heavy atom. The summed E-state index contributed by atoms with van der Waals surface area (Å²) in [4.78, 5) is 23.7. The summed E-state index contributed by atoms with van der Waals surface area (Å²) in [5, 5.41) is 21.5. The number of phenolic OH excluding ortho intramolecular Hbond substituents is 1. The number of aromatic hydroxyl groups is 1. The van der Waals surface area contributed by atoms with E-state index in [1.807, 2.05) is 37.3 Å². The van der Waals surface area contributed by atoms with Crippen LogP contribution in [0, 0.1) is 6.92 Å². The molecule has 134 valence electrons. The topological polar surface area (TPSA) is 86.6 Å². The van der Waals surface area contributed by atoms with Gasteiger partial charge in [0.25, 0.3) is 0 Å². The molecular weight excluding hydrogens is 409 g/mol. The number of aromatic carboxylic acids is 1. The van der Waals surface area contributed by atoms with Crippen LogP contribution in [0.3, 0.4) is 0 Å². The van der Waals surface area contributed by atoms with Crippen LogP contribution in [0.2, 0.25) is 0 Å². The van der Waals surface area contributed by atoms with Crippen LogP contribution in [0.15, 0.2) is 48.5 Å². The number of phenols is 1. The maximum absolute atomic E-state index is 12.4. The number of carboxylic acids is 1. The average Bonchev–Trinajstić information content (AvgIpc) is 3.15. The van der Waals surface area contributed by atoms with Crippen LogP contribution in [0.1, 0.15) is 24.8 Å². The van der Waals surface area contributed by atoms with Crippen molar-refractivity contribution in [3.63, 3.8) is 0 Å². The van der Waals surface area contributed by atoms with Crippen LogP contribution in [0.25, 0.3) is 22.8 Å². The van der Waals surface area contributed by atoms with Crippen molar-refractivity contribution in [2.75, 3.05) is 5.32 Å². The van der Waals surface area contributed by atoms with Gasteiger partial charge in [-0.1, -0.05) is 0 Å². The summed E-state index contributed by atoms with van der Waals surface area (Å²) in [6, 6.07) is 14.3. The predicted octanol–water partition coefficient (Wildman–Crippen LogP) is 3.62. The molecule has 0 atom stereocenters. The fourth-order valence-corrected chi connectivity index (χ4v) is 5.12. The molecule has 2 heterocycles. The van der Waals surface area contributed by atoms with Crippen molar-refractivity contribution in [3.05, 3.63) is 68.5 Å². The number of carbonyl (C=O) groups is 2. The van der Waals surface area contributed by atoms with E-state index in [0.29, 0.717) is 11.1 Å². The summed E-state index contributed by atoms with van der Waals surface area (Å²) < 4.78 is 1.72. The Morgan fingerprint density at radius 2 is 1.78 bits per heavy atom. The second kappa shape index (κ2) is 6.58. The van der Waals surface area contributed by atoms with Gasteiger partial charge in [-0.3, -0.25) is 0 Å². The van der Waals surface area contributed by atoms with E-state index in [2.05, 4.69) is 5.32 Å². The van der Waals surface area contributed by atoms with E-state index in [1.165, 1.54) is 0 Å². The first kappa shape index (κ1) is 17.3. The molecule has 0 saturated heterocycles. The molecule has 4 rings (SSSR count). The average molecular weight is 424 g/mol. The fraction of sp³-hybridized carbons (Fsp3) is 0.0476. The Bertz CT molecular complexity index is 1110. The molecule has 3 N–H and O–H groups in total. The standard InChI is InChI=1S/C21H15NO4Se/c1-11-17(21(25)26)9-15(27-11)10-18-16-7-4-13(8-19(16)22-20(18)24)12-2-5-14(23)6-3-12/h2-10,23H,1H3,(H,22,24)(H,25,26)/b18-10-. The predicted molar refractivity (Wildman–Crippen MR) is 105 cm³/mol. The van der Waals surface area contributed by atoms with E-state index in [1.54, 1.807) is 24.3 Å². The Kier molecular flexibility index (Phi) is 4.22. The number of amides is 1. The van der Waals surface area contributed by atoms with Gasteiger partial charge in [-0.25, -0.2) is 0 Å². The number of nitrogens with one attached hydrogen (secondary N) is 1. The van der Waals surface area contributed by atoms with Gasteiger partial charge in [0.05, 0.1) is 0 Å². The quantitative estimate of drug-likeness (QED) is 0.443. The van der Waals surface area contributed by atoms with Crippen LogP contribution in [-0.2, 0) is 4.79 Å². The number of hydrogen-bond acceptors (Lipinski definition) is 3. The third kappa shape index (κ3) is 3.21. The summed E-state index contributed by atoms with van der Waals surface area (Å²) in [5.74, 6) is -0.918. The molecule has 0 aliphatic carbocycles. The van der Waals surface area contributed by atoms with Gasteiger partial charge in [0.15, 0.2) is 0 Å². The Labute approximate surface area is 161 Å². The fourth-order valence-electron chi connectivity index (χ4n) is 3.10. The summed E-state index contributed by atoms with van der Waals surface area (Å²) in [7, 11) is 0. The van der Waals surface area contributed by atoms with Crippen LogP contribution >= 0.6 is 0 Å². The molecular formula is C21H15NO4Se. The van der Waals surface area contributed by atoms with Gasteiger partial charge in [0.2, 0.25) is 0 Å². The van der Waals surface area contributed by atoms with Gasteiger partial charge in [0, 0.05) is 0 Å². The number of carboxylic acid groups (broad SMARTS) is 1. The number of anilines is 1. The molecule has 1 aliphatic heterocycles. The minimum absolute atomic E-state index is 0.0876. The molecule has 2 aromatic carbocycles. The number of benzene rings is 2. The van der Waals surface area contributed by atoms with Crippen molar-refractivity contribution in [3.8, 4) is 16.9 Å². The van der Waals surface area contributed by atoms with Crippen LogP contribution in [0.5, 0.6) is 5.75 Å². The number of rotatable bonds is 3. The first-order valence-electron chi connectivity index (χ1n) is 8.23. The second-order valence-electron chi connectivity index (χ2n) is 6.24. The van der Waals surface area contributed by atoms with Crippen LogP contribution in [0.4, 0.5) is 5.69 Å². The van der Waals surface area contributed by atoms with E-state index in [0.717, 1.165) is 31.3 Å². The van der Waals surface area contributed by atoms with Gasteiger partial charge >= 0.3 is 161 Å². The third-order valence-corrected chi connectivity index (χ3v) is 6.55. The number of fused-ring (bicyclic) bond motifs is 1. The van der Waals surface area contributed by atoms with Crippen molar-refractivity contribution >= 4 is 43.7 Å². The van der Waals surface area contributed by atoms with Gasteiger partial charge < -0.3 is 0 Å². The zero-order valence-electron chi connectivity index (χ0n) is 14.3. The number of hydrogen-bond donors (Lipinski definition) is 3. The normalized spacial score (nSPS) is 14.3. The first-order valence-corrected chi connectivity index (χ1v) is 9.94. The van der Waals surface area contributed by atoms with Gasteiger partial charge in [0.1, 0.15) is 0 Å². The summed E-state index contributed by atoms with van der Waals surface area (Å²) in [6.07, 6.45) is 1.79. The molecule has 0 bridgehead atoms. The molecule has 0 saturated carbocycles. The molecule has 3 aromatic rings. The second-order valence-corrected chi connectivity index (χ2v) is 8.95. The third-order valence-electron chi connectivity index (χ3n) is 4.46. The molecule has 1 aliphatic rings. The zero-order valence-corrected chi connectivity index (χ0v) is 16.0. The molecule has 6 heteroatoms. The van der Waals surface area contributed by atoms with E-state index in [4.69, 9.17) is 0 Å². The SMILES string of the molecule is Cc1[se]c(/C=C2\C(=O)Nc3cc(-c4ccc(O)cc4)ccc32)cc1C(=O)O. The van der Waals surface area contributed by atoms with Gasteiger partial charge in [-0.05, 0) is 0 Å². The van der Waals surface area contributed by atoms with E-state index >= 15 is 0 Å². The van der Waals surface area contributed by atoms with E-state index in [-0.39, 0.29) is 26.2 Å². The van der Waals surface area contributed by atoms with E-state index in [9.17, 15) is 19.8 Å². The molecule has 1 amide bonds. The summed E-state index contributed by atoms with van der Waals surface area (Å²) in [5.41, 5.74) is 4.28. The summed E-state index contributed by atoms with van der Waals surface area (Å²) in [6.45, 7) is 1.82. The van der Waals surface area contributed by atoms with Crippen molar-refractivity contribution in [2.24, 2.45) is 0 Å². The van der Waals surface area contributed by atoms with Gasteiger partial charge in [-0.15, -0.1) is 0 Å². The van der Waals surface area contributed by atoms with Crippen molar-refractivity contribution in [1.29, 1.82) is 0 Å². The van der Waals surface area contributed by atoms with Crippen LogP contribution in [-0.4, -0.2) is 36.6 Å². The molecule has 1 aromatic heterocycles. The Hall–Kier alpha value is -3.08. The van der Waals surface area contributed by atoms with Crippen molar-refractivity contribution < 1.29 is 19.8 Å².